The number of fused-ring (bicyclic) bond motifs is 2. The van der Waals surface area contributed by atoms with Crippen molar-refractivity contribution in [1.82, 2.24) is 0 Å². The van der Waals surface area contributed by atoms with Crippen LogP contribution in [0.3, 0.4) is 0 Å². The molecule has 0 amide bonds. The van der Waals surface area contributed by atoms with E-state index in [-0.39, 0.29) is 63.9 Å². The van der Waals surface area contributed by atoms with Gasteiger partial charge < -0.3 is 44.2 Å². The summed E-state index contributed by atoms with van der Waals surface area (Å²) in [6.45, 7) is 5.66. The Hall–Kier alpha value is -5.09. The lowest BCUT2D eigenvalue weighted by Gasteiger charge is -2.33. The lowest BCUT2D eigenvalue weighted by Crippen LogP contribution is -2.36. The van der Waals surface area contributed by atoms with Gasteiger partial charge in [0.25, 0.3) is 0 Å². The maximum absolute atomic E-state index is 13.4. The SMILES string of the molecule is COc1cc(C2Oc3cc(-c4oc5cc(O)c(C/C=C(\C)CCC=C(C)C)c(O)c5c(=O)c4O)ccc3OC2CO)ccc1O. The van der Waals surface area contributed by atoms with Crippen LogP contribution in [0.4, 0.5) is 0 Å². The summed E-state index contributed by atoms with van der Waals surface area (Å²) < 4.78 is 23.3. The van der Waals surface area contributed by atoms with Crippen molar-refractivity contribution in [2.45, 2.75) is 52.2 Å². The predicted molar refractivity (Wildman–Crippen MR) is 169 cm³/mol. The zero-order valence-corrected chi connectivity index (χ0v) is 25.5. The van der Waals surface area contributed by atoms with Crippen molar-refractivity contribution in [1.29, 1.82) is 0 Å². The lowest BCUT2D eigenvalue weighted by molar-refractivity contribution is -0.0123. The average Bonchev–Trinajstić information content (AvgIpc) is 3.01. The predicted octanol–water partition coefficient (Wildman–Crippen LogP) is 6.40. The fourth-order valence-electron chi connectivity index (χ4n) is 5.28. The molecule has 0 saturated heterocycles. The smallest absolute Gasteiger partial charge is 0.238 e. The molecule has 5 N–H and O–H groups in total. The van der Waals surface area contributed by atoms with Gasteiger partial charge in [0.05, 0.1) is 13.7 Å². The number of aliphatic hydroxyl groups is 1. The third kappa shape index (κ3) is 6.28. The maximum Gasteiger partial charge on any atom is 0.238 e. The summed E-state index contributed by atoms with van der Waals surface area (Å²) in [7, 11) is 1.42. The fourth-order valence-corrected chi connectivity index (χ4v) is 5.28. The Morgan fingerprint density at radius 3 is 2.40 bits per heavy atom. The molecule has 1 aliphatic heterocycles. The van der Waals surface area contributed by atoms with Crippen LogP contribution in [0.2, 0.25) is 0 Å². The highest BCUT2D eigenvalue weighted by atomic mass is 16.6. The van der Waals surface area contributed by atoms with Crippen molar-refractivity contribution < 1.29 is 44.2 Å². The van der Waals surface area contributed by atoms with Crippen molar-refractivity contribution in [3.63, 3.8) is 0 Å². The highest BCUT2D eigenvalue weighted by Gasteiger charge is 2.34. The van der Waals surface area contributed by atoms with Gasteiger partial charge in [-0.1, -0.05) is 29.4 Å². The monoisotopic (exact) mass is 616 g/mol. The molecule has 5 rings (SSSR count). The van der Waals surface area contributed by atoms with Crippen molar-refractivity contribution in [2.24, 2.45) is 0 Å². The quantitative estimate of drug-likeness (QED) is 0.133. The summed E-state index contributed by atoms with van der Waals surface area (Å²) in [6.07, 6.45) is 4.31. The number of rotatable bonds is 9. The molecule has 0 radical (unpaired) electrons. The second kappa shape index (κ2) is 12.9. The molecule has 2 heterocycles. The Bertz CT molecular complexity index is 1860. The number of hydrogen-bond donors (Lipinski definition) is 5. The Kier molecular flexibility index (Phi) is 8.96. The van der Waals surface area contributed by atoms with Gasteiger partial charge in [-0.25, -0.2) is 0 Å². The van der Waals surface area contributed by atoms with Crippen LogP contribution < -0.4 is 19.6 Å². The zero-order valence-electron chi connectivity index (χ0n) is 25.5. The lowest BCUT2D eigenvalue weighted by atomic mass is 10.0. The molecule has 1 aromatic heterocycles. The highest BCUT2D eigenvalue weighted by Crippen LogP contribution is 2.45. The normalized spacial score (nSPS) is 16.1. The molecule has 45 heavy (non-hydrogen) atoms. The van der Waals surface area contributed by atoms with E-state index in [4.69, 9.17) is 18.6 Å². The summed E-state index contributed by atoms with van der Waals surface area (Å²) >= 11 is 0. The number of phenolic OH excluding ortho intramolecular Hbond substituents is 3. The zero-order chi connectivity index (χ0) is 32.4. The van der Waals surface area contributed by atoms with Gasteiger partial charge in [0.2, 0.25) is 11.2 Å². The van der Waals surface area contributed by atoms with E-state index >= 15 is 0 Å². The molecule has 0 bridgehead atoms. The minimum atomic E-state index is -0.862. The van der Waals surface area contributed by atoms with E-state index in [2.05, 4.69) is 6.08 Å². The molecule has 0 fully saturated rings. The molecule has 10 heteroatoms. The molecule has 3 aromatic carbocycles. The van der Waals surface area contributed by atoms with Crippen molar-refractivity contribution in [3.8, 4) is 51.6 Å². The molecule has 0 saturated carbocycles. The standard InChI is InChI=1S/C35H36O10/c1-18(2)6-5-7-19(3)8-11-22-24(38)16-28-30(31(22)39)32(40)33(41)35(45-28)21-10-13-25-27(15-21)44-34(29(17-36)43-25)20-9-12-23(37)26(14-20)42-4/h6,8-10,12-16,29,34,36-39,41H,5,7,11,17H2,1-4H3/b19-8+. The number of allylic oxidation sites excluding steroid dienone is 4. The van der Waals surface area contributed by atoms with Crippen molar-refractivity contribution in [3.05, 3.63) is 87.1 Å². The van der Waals surface area contributed by atoms with Gasteiger partial charge in [-0.05, 0) is 70.4 Å². The van der Waals surface area contributed by atoms with Crippen molar-refractivity contribution >= 4 is 11.0 Å². The molecule has 2 unspecified atom stereocenters. The summed E-state index contributed by atoms with van der Waals surface area (Å²) in [5.41, 5.74) is 2.30. The molecule has 10 nitrogen and oxygen atoms in total. The van der Waals surface area contributed by atoms with E-state index < -0.39 is 29.1 Å². The van der Waals surface area contributed by atoms with Crippen molar-refractivity contribution in [2.75, 3.05) is 13.7 Å². The van der Waals surface area contributed by atoms with Crippen LogP contribution in [0, 0.1) is 0 Å². The number of methoxy groups -OCH3 is 1. The van der Waals surface area contributed by atoms with E-state index in [1.165, 1.54) is 30.9 Å². The summed E-state index contributed by atoms with van der Waals surface area (Å²) in [4.78, 5) is 13.4. The fraction of sp³-hybridized carbons (Fsp3) is 0.286. The summed E-state index contributed by atoms with van der Waals surface area (Å²) in [6, 6.07) is 10.5. The second-order valence-electron chi connectivity index (χ2n) is 11.2. The van der Waals surface area contributed by atoms with Gasteiger partial charge in [0.1, 0.15) is 22.5 Å². The summed E-state index contributed by atoms with van der Waals surface area (Å²) in [5, 5.41) is 52.5. The van der Waals surface area contributed by atoms with Crippen LogP contribution in [0.5, 0.6) is 40.2 Å². The molecule has 236 valence electrons. The molecule has 0 aliphatic carbocycles. The first kappa shape index (κ1) is 31.3. The molecule has 2 atom stereocenters. The first-order valence-corrected chi connectivity index (χ1v) is 14.5. The van der Waals surface area contributed by atoms with Gasteiger partial charge >= 0.3 is 0 Å². The number of aliphatic hydroxyl groups excluding tert-OH is 1. The Balaban J connectivity index is 1.49. The Morgan fingerprint density at radius 2 is 1.69 bits per heavy atom. The number of phenols is 3. The largest absolute Gasteiger partial charge is 0.507 e. The van der Waals surface area contributed by atoms with Crippen LogP contribution in [0.25, 0.3) is 22.3 Å². The minimum absolute atomic E-state index is 0.0612. The molecular formula is C35H36O10. The first-order chi connectivity index (χ1) is 21.5. The van der Waals surface area contributed by atoms with Crippen LogP contribution in [-0.2, 0) is 6.42 Å². The minimum Gasteiger partial charge on any atom is -0.507 e. The third-order valence-electron chi connectivity index (χ3n) is 7.75. The van der Waals surface area contributed by atoms with Crippen LogP contribution in [0.1, 0.15) is 50.8 Å². The summed E-state index contributed by atoms with van der Waals surface area (Å²) in [5.74, 6) is -0.934. The maximum atomic E-state index is 13.4. The third-order valence-corrected chi connectivity index (χ3v) is 7.75. The first-order valence-electron chi connectivity index (χ1n) is 14.5. The van der Waals surface area contributed by atoms with E-state index in [1.54, 1.807) is 24.3 Å². The van der Waals surface area contributed by atoms with Gasteiger partial charge in [-0.2, -0.15) is 0 Å². The molecular weight excluding hydrogens is 580 g/mol. The van der Waals surface area contributed by atoms with Gasteiger partial charge in [-0.15, -0.1) is 0 Å². The van der Waals surface area contributed by atoms with Gasteiger partial charge in [-0.3, -0.25) is 4.79 Å². The number of ether oxygens (including phenoxy) is 3. The molecule has 4 aromatic rings. The van der Waals surface area contributed by atoms with Crippen LogP contribution in [-0.4, -0.2) is 45.4 Å². The van der Waals surface area contributed by atoms with Crippen LogP contribution in [0.15, 0.2) is 75.0 Å². The Morgan fingerprint density at radius 1 is 0.911 bits per heavy atom. The van der Waals surface area contributed by atoms with Crippen LogP contribution >= 0.6 is 0 Å². The number of benzene rings is 3. The van der Waals surface area contributed by atoms with E-state index in [9.17, 15) is 30.3 Å². The van der Waals surface area contributed by atoms with E-state index in [0.29, 0.717) is 11.3 Å². The topological polar surface area (TPSA) is 159 Å². The van der Waals surface area contributed by atoms with E-state index in [0.717, 1.165) is 18.4 Å². The number of aromatic hydroxyl groups is 4. The van der Waals surface area contributed by atoms with Gasteiger partial charge in [0.15, 0.2) is 41.0 Å². The molecule has 1 aliphatic rings. The Labute approximate surface area is 259 Å². The number of hydrogen-bond acceptors (Lipinski definition) is 10. The van der Waals surface area contributed by atoms with E-state index in [1.807, 2.05) is 26.8 Å². The molecule has 0 spiro atoms. The second-order valence-corrected chi connectivity index (χ2v) is 11.2. The average molecular weight is 617 g/mol. The highest BCUT2D eigenvalue weighted by molar-refractivity contribution is 5.90. The van der Waals surface area contributed by atoms with Gasteiger partial charge in [0, 0.05) is 22.8 Å².